The molecule has 1 unspecified atom stereocenters. The van der Waals surface area contributed by atoms with Crippen molar-refractivity contribution in [1.29, 1.82) is 0 Å². The Morgan fingerprint density at radius 3 is 2.93 bits per heavy atom. The van der Waals surface area contributed by atoms with Crippen molar-refractivity contribution in [2.45, 2.75) is 58.9 Å². The van der Waals surface area contributed by atoms with Crippen molar-refractivity contribution in [2.24, 2.45) is 0 Å². The highest BCUT2D eigenvalue weighted by Gasteiger charge is 2.29. The van der Waals surface area contributed by atoms with Crippen LogP contribution in [0.4, 0.5) is 0 Å². The van der Waals surface area contributed by atoms with Gasteiger partial charge in [0.1, 0.15) is 5.01 Å². The Morgan fingerprint density at radius 2 is 2.11 bits per heavy atom. The summed E-state index contributed by atoms with van der Waals surface area (Å²) in [5.41, 5.74) is 3.96. The van der Waals surface area contributed by atoms with Crippen LogP contribution >= 0.6 is 11.3 Å². The average Bonchev–Trinajstić information content (AvgIpc) is 3.34. The molecule has 6 nitrogen and oxygen atoms in total. The number of hydrogen-bond acceptors (Lipinski definition) is 5. The van der Waals surface area contributed by atoms with Gasteiger partial charge in [-0.25, -0.2) is 0 Å². The number of aryl methyl sites for hydroxylation is 4. The van der Waals surface area contributed by atoms with Gasteiger partial charge >= 0.3 is 0 Å². The van der Waals surface area contributed by atoms with Gasteiger partial charge in [0, 0.05) is 25.4 Å². The number of benzene rings is 1. The summed E-state index contributed by atoms with van der Waals surface area (Å²) in [6, 6.07) is 6.91. The van der Waals surface area contributed by atoms with Crippen molar-refractivity contribution >= 4 is 22.2 Å². The molecule has 1 aromatic carbocycles. The fourth-order valence-corrected chi connectivity index (χ4v) is 4.74. The number of fused-ring (bicyclic) bond motifs is 1. The monoisotopic (exact) mass is 383 g/mol. The van der Waals surface area contributed by atoms with E-state index < -0.39 is 0 Å². The number of carbonyl (C=O) groups excluding carboxylic acids is 1. The molecule has 1 aliphatic heterocycles. The number of hydrogen-bond donors (Lipinski definition) is 0. The standard InChI is InChI=1S/C20H25N5OS/c1-13-6-7-14(2)16(11-13)12-17-5-4-10-24(17)19(26)9-8-18-23-25-15(3)21-22-20(25)27-18/h6-7,11,17H,4-5,8-10,12H2,1-3H3. The zero-order valence-corrected chi connectivity index (χ0v) is 16.9. The van der Waals surface area contributed by atoms with E-state index in [2.05, 4.69) is 52.2 Å². The fourth-order valence-electron chi connectivity index (χ4n) is 3.86. The third kappa shape index (κ3) is 3.74. The highest BCUT2D eigenvalue weighted by molar-refractivity contribution is 7.16. The lowest BCUT2D eigenvalue weighted by atomic mass is 9.97. The summed E-state index contributed by atoms with van der Waals surface area (Å²) >= 11 is 1.52. The summed E-state index contributed by atoms with van der Waals surface area (Å²) in [5, 5.41) is 13.6. The largest absolute Gasteiger partial charge is 0.339 e. The molecule has 7 heteroatoms. The maximum absolute atomic E-state index is 12.9. The Bertz CT molecular complexity index is 976. The summed E-state index contributed by atoms with van der Waals surface area (Å²) in [5.74, 6) is 1.03. The molecule has 0 aliphatic carbocycles. The Balaban J connectivity index is 1.40. The maximum atomic E-state index is 12.9. The van der Waals surface area contributed by atoms with Crippen LogP contribution in [-0.2, 0) is 17.6 Å². The van der Waals surface area contributed by atoms with Crippen molar-refractivity contribution in [1.82, 2.24) is 24.7 Å². The Kier molecular flexibility index (Phi) is 4.95. The molecule has 0 radical (unpaired) electrons. The number of likely N-dealkylation sites (tertiary alicyclic amines) is 1. The zero-order chi connectivity index (χ0) is 19.0. The van der Waals surface area contributed by atoms with E-state index in [0.29, 0.717) is 18.9 Å². The van der Waals surface area contributed by atoms with E-state index >= 15 is 0 Å². The normalized spacial score (nSPS) is 17.1. The van der Waals surface area contributed by atoms with Gasteiger partial charge in [0.05, 0.1) is 0 Å². The predicted molar refractivity (Wildman–Crippen MR) is 106 cm³/mol. The molecule has 1 amide bonds. The average molecular weight is 384 g/mol. The summed E-state index contributed by atoms with van der Waals surface area (Å²) in [6.45, 7) is 7.05. The summed E-state index contributed by atoms with van der Waals surface area (Å²) in [4.78, 5) is 15.7. The predicted octanol–water partition coefficient (Wildman–Crippen LogP) is 3.28. The molecule has 27 heavy (non-hydrogen) atoms. The molecule has 3 heterocycles. The quantitative estimate of drug-likeness (QED) is 0.678. The van der Waals surface area contributed by atoms with Gasteiger partial charge in [-0.15, -0.1) is 10.2 Å². The first kappa shape index (κ1) is 18.1. The molecule has 0 saturated carbocycles. The lowest BCUT2D eigenvalue weighted by molar-refractivity contribution is -0.131. The first-order valence-electron chi connectivity index (χ1n) is 9.54. The minimum atomic E-state index is 0.241. The summed E-state index contributed by atoms with van der Waals surface area (Å²) in [7, 11) is 0. The van der Waals surface area contributed by atoms with Crippen LogP contribution in [0.25, 0.3) is 4.96 Å². The fraction of sp³-hybridized carbons (Fsp3) is 0.500. The van der Waals surface area contributed by atoms with Gasteiger partial charge in [-0.2, -0.15) is 9.61 Å². The highest BCUT2D eigenvalue weighted by Crippen LogP contribution is 2.25. The van der Waals surface area contributed by atoms with Crippen molar-refractivity contribution < 1.29 is 4.79 Å². The molecule has 4 rings (SSSR count). The number of rotatable bonds is 5. The van der Waals surface area contributed by atoms with Crippen LogP contribution in [0.1, 0.15) is 46.8 Å². The van der Waals surface area contributed by atoms with E-state index in [1.165, 1.54) is 28.0 Å². The molecule has 0 spiro atoms. The van der Waals surface area contributed by atoms with Crippen LogP contribution in [0.5, 0.6) is 0 Å². The van der Waals surface area contributed by atoms with Crippen molar-refractivity contribution in [3.05, 3.63) is 45.7 Å². The first-order chi connectivity index (χ1) is 13.0. The van der Waals surface area contributed by atoms with Gasteiger partial charge in [0.2, 0.25) is 10.9 Å². The van der Waals surface area contributed by atoms with E-state index in [4.69, 9.17) is 0 Å². The SMILES string of the molecule is Cc1ccc(C)c(CC2CCCN2C(=O)CCc2nn3c(C)nnc3s2)c1. The molecule has 0 bridgehead atoms. The van der Waals surface area contributed by atoms with E-state index in [9.17, 15) is 4.79 Å². The van der Waals surface area contributed by atoms with Gasteiger partial charge in [-0.05, 0) is 51.2 Å². The second-order valence-electron chi connectivity index (χ2n) is 7.45. The second-order valence-corrected chi connectivity index (χ2v) is 8.50. The highest BCUT2D eigenvalue weighted by atomic mass is 32.1. The number of amides is 1. The van der Waals surface area contributed by atoms with Crippen LogP contribution in [0, 0.1) is 20.8 Å². The van der Waals surface area contributed by atoms with Crippen LogP contribution in [0.15, 0.2) is 18.2 Å². The lowest BCUT2D eigenvalue weighted by Crippen LogP contribution is -2.37. The van der Waals surface area contributed by atoms with Crippen LogP contribution in [-0.4, -0.2) is 43.2 Å². The molecule has 3 aromatic rings. The molecule has 1 fully saturated rings. The minimum absolute atomic E-state index is 0.241. The molecular weight excluding hydrogens is 358 g/mol. The van der Waals surface area contributed by atoms with Crippen LogP contribution < -0.4 is 0 Å². The van der Waals surface area contributed by atoms with Crippen molar-refractivity contribution in [2.75, 3.05) is 6.54 Å². The van der Waals surface area contributed by atoms with E-state index in [1.807, 2.05) is 6.92 Å². The Labute approximate surface area is 163 Å². The topological polar surface area (TPSA) is 63.4 Å². The lowest BCUT2D eigenvalue weighted by Gasteiger charge is -2.25. The van der Waals surface area contributed by atoms with Gasteiger partial charge in [0.15, 0.2) is 5.82 Å². The molecule has 1 atom stereocenters. The van der Waals surface area contributed by atoms with E-state index in [-0.39, 0.29) is 5.91 Å². The smallest absolute Gasteiger partial charge is 0.234 e. The second kappa shape index (κ2) is 7.38. The van der Waals surface area contributed by atoms with Gasteiger partial charge in [-0.1, -0.05) is 35.1 Å². The zero-order valence-electron chi connectivity index (χ0n) is 16.1. The van der Waals surface area contributed by atoms with E-state index in [0.717, 1.165) is 41.6 Å². The van der Waals surface area contributed by atoms with Crippen molar-refractivity contribution in [3.8, 4) is 0 Å². The number of aromatic nitrogens is 4. The van der Waals surface area contributed by atoms with Crippen LogP contribution in [0.2, 0.25) is 0 Å². The first-order valence-corrected chi connectivity index (χ1v) is 10.4. The van der Waals surface area contributed by atoms with Crippen molar-refractivity contribution in [3.63, 3.8) is 0 Å². The van der Waals surface area contributed by atoms with E-state index in [1.54, 1.807) is 4.52 Å². The molecule has 0 N–H and O–H groups in total. The van der Waals surface area contributed by atoms with Gasteiger partial charge in [0.25, 0.3) is 0 Å². The Morgan fingerprint density at radius 1 is 1.26 bits per heavy atom. The molecule has 1 aliphatic rings. The molecule has 2 aromatic heterocycles. The molecule has 1 saturated heterocycles. The minimum Gasteiger partial charge on any atom is -0.339 e. The third-order valence-electron chi connectivity index (χ3n) is 5.40. The molecular formula is C20H25N5OS. The van der Waals surface area contributed by atoms with Gasteiger partial charge in [-0.3, -0.25) is 4.79 Å². The number of carbonyl (C=O) groups is 1. The summed E-state index contributed by atoms with van der Waals surface area (Å²) < 4.78 is 1.75. The Hall–Kier alpha value is -2.28. The third-order valence-corrected chi connectivity index (χ3v) is 6.36. The van der Waals surface area contributed by atoms with Crippen LogP contribution in [0.3, 0.4) is 0 Å². The summed E-state index contributed by atoms with van der Waals surface area (Å²) in [6.07, 6.45) is 4.31. The van der Waals surface area contributed by atoms with Gasteiger partial charge < -0.3 is 4.90 Å². The number of nitrogens with zero attached hydrogens (tertiary/aromatic N) is 5. The molecule has 142 valence electrons. The maximum Gasteiger partial charge on any atom is 0.234 e.